The fourth-order valence-electron chi connectivity index (χ4n) is 2.29. The summed E-state index contributed by atoms with van der Waals surface area (Å²) in [5, 5.41) is 2.18. The molecule has 0 saturated carbocycles. The Bertz CT molecular complexity index is 745. The van der Waals surface area contributed by atoms with Gasteiger partial charge in [0.1, 0.15) is 5.38 Å². The summed E-state index contributed by atoms with van der Waals surface area (Å²) in [7, 11) is 1.30. The second kappa shape index (κ2) is 7.83. The molecular formula is C16H19ClN4O3. The van der Waals surface area contributed by atoms with E-state index in [9.17, 15) is 9.59 Å². The number of esters is 1. The Morgan fingerprint density at radius 2 is 2.21 bits per heavy atom. The number of anilines is 1. The number of nitrogens with one attached hydrogen (secondary N) is 1. The molecular weight excluding hydrogens is 332 g/mol. The first-order chi connectivity index (χ1) is 11.5. The average Bonchev–Trinajstić information content (AvgIpc) is 3.05. The van der Waals surface area contributed by atoms with Crippen LogP contribution < -0.4 is 11.1 Å². The van der Waals surface area contributed by atoms with E-state index < -0.39 is 17.3 Å². The molecule has 1 aromatic carbocycles. The number of primary amides is 1. The number of aryl methyl sites for hydroxylation is 1. The largest absolute Gasteiger partial charge is 0.465 e. The third-order valence-corrected chi connectivity index (χ3v) is 4.05. The number of carbonyl (C=O) groups is 2. The highest BCUT2D eigenvalue weighted by molar-refractivity contribution is 6.31. The number of aromatic nitrogens is 2. The Morgan fingerprint density at radius 1 is 1.46 bits per heavy atom. The first-order valence-corrected chi connectivity index (χ1v) is 7.80. The van der Waals surface area contributed by atoms with E-state index in [1.807, 2.05) is 11.5 Å². The second-order valence-electron chi connectivity index (χ2n) is 5.08. The van der Waals surface area contributed by atoms with Crippen LogP contribution in [0.1, 0.15) is 33.9 Å². The van der Waals surface area contributed by atoms with E-state index in [0.717, 1.165) is 12.2 Å². The van der Waals surface area contributed by atoms with Crippen molar-refractivity contribution < 1.29 is 14.3 Å². The van der Waals surface area contributed by atoms with Crippen LogP contribution in [0.4, 0.5) is 5.69 Å². The molecule has 0 aliphatic heterocycles. The van der Waals surface area contributed by atoms with Gasteiger partial charge in [-0.15, -0.1) is 11.6 Å². The van der Waals surface area contributed by atoms with Crippen molar-refractivity contribution in [3.63, 3.8) is 0 Å². The minimum Gasteiger partial charge on any atom is -0.465 e. The van der Waals surface area contributed by atoms with Crippen molar-refractivity contribution in [1.82, 2.24) is 9.55 Å². The van der Waals surface area contributed by atoms with Gasteiger partial charge in [-0.05, 0) is 19.1 Å². The summed E-state index contributed by atoms with van der Waals surface area (Å²) in [6, 6.07) is 4.72. The quantitative estimate of drug-likeness (QED) is 0.588. The van der Waals surface area contributed by atoms with E-state index >= 15 is 0 Å². The monoisotopic (exact) mass is 350 g/mol. The number of amides is 1. The van der Waals surface area contributed by atoms with Gasteiger partial charge in [-0.1, -0.05) is 6.07 Å². The van der Waals surface area contributed by atoms with Crippen LogP contribution in [0, 0.1) is 0 Å². The smallest absolute Gasteiger partial charge is 0.337 e. The Morgan fingerprint density at radius 3 is 2.83 bits per heavy atom. The lowest BCUT2D eigenvalue weighted by Gasteiger charge is -2.16. The molecule has 7 nitrogen and oxygen atoms in total. The molecule has 0 aliphatic rings. The average molecular weight is 351 g/mol. The molecule has 0 radical (unpaired) electrons. The number of hydrogen-bond donors (Lipinski definition) is 2. The summed E-state index contributed by atoms with van der Waals surface area (Å²) < 4.78 is 6.70. The lowest BCUT2D eigenvalue weighted by Crippen LogP contribution is -2.19. The molecule has 0 aliphatic carbocycles. The van der Waals surface area contributed by atoms with E-state index in [1.165, 1.54) is 7.11 Å². The molecule has 1 unspecified atom stereocenters. The molecule has 24 heavy (non-hydrogen) atoms. The third-order valence-electron chi connectivity index (χ3n) is 3.60. The van der Waals surface area contributed by atoms with E-state index in [0.29, 0.717) is 23.4 Å². The number of halogens is 1. The zero-order chi connectivity index (χ0) is 17.7. The van der Waals surface area contributed by atoms with Crippen molar-refractivity contribution in [3.8, 4) is 0 Å². The van der Waals surface area contributed by atoms with Crippen LogP contribution in [0.5, 0.6) is 0 Å². The summed E-state index contributed by atoms with van der Waals surface area (Å²) in [5.74, 6) is -1.14. The lowest BCUT2D eigenvalue weighted by atomic mass is 10.0. The predicted molar refractivity (Wildman–Crippen MR) is 90.8 cm³/mol. The van der Waals surface area contributed by atoms with Gasteiger partial charge in [0.25, 0.3) is 0 Å². The van der Waals surface area contributed by atoms with Crippen molar-refractivity contribution in [2.75, 3.05) is 12.4 Å². The Labute approximate surface area is 144 Å². The molecule has 1 atom stereocenters. The van der Waals surface area contributed by atoms with Crippen molar-refractivity contribution in [3.05, 3.63) is 47.5 Å². The lowest BCUT2D eigenvalue weighted by molar-refractivity contribution is -0.117. The maximum absolute atomic E-state index is 11.7. The van der Waals surface area contributed by atoms with E-state index in [2.05, 4.69) is 10.3 Å². The van der Waals surface area contributed by atoms with E-state index in [1.54, 1.807) is 30.7 Å². The number of alkyl halides is 1. The topological polar surface area (TPSA) is 99.2 Å². The van der Waals surface area contributed by atoms with Crippen LogP contribution in [0.25, 0.3) is 0 Å². The molecule has 0 fully saturated rings. The van der Waals surface area contributed by atoms with Gasteiger partial charge in [0.2, 0.25) is 5.91 Å². The maximum atomic E-state index is 11.7. The molecule has 1 heterocycles. The molecule has 128 valence electrons. The van der Waals surface area contributed by atoms with Gasteiger partial charge >= 0.3 is 5.97 Å². The zero-order valence-electron chi connectivity index (χ0n) is 13.5. The van der Waals surface area contributed by atoms with Crippen LogP contribution in [0.15, 0.2) is 30.7 Å². The van der Waals surface area contributed by atoms with Crippen LogP contribution in [0.2, 0.25) is 0 Å². The third kappa shape index (κ3) is 3.86. The van der Waals surface area contributed by atoms with Crippen molar-refractivity contribution >= 4 is 29.2 Å². The van der Waals surface area contributed by atoms with E-state index in [-0.39, 0.29) is 0 Å². The zero-order valence-corrected chi connectivity index (χ0v) is 14.2. The van der Waals surface area contributed by atoms with E-state index in [4.69, 9.17) is 22.1 Å². The molecule has 2 aromatic rings. The number of nitrogens with zero attached hydrogens (tertiary/aromatic N) is 2. The highest BCUT2D eigenvalue weighted by Gasteiger charge is 2.20. The first-order valence-electron chi connectivity index (χ1n) is 7.36. The van der Waals surface area contributed by atoms with Crippen molar-refractivity contribution in [1.29, 1.82) is 0 Å². The van der Waals surface area contributed by atoms with Gasteiger partial charge in [-0.25, -0.2) is 9.78 Å². The molecule has 8 heteroatoms. The fourth-order valence-corrected chi connectivity index (χ4v) is 2.48. The highest BCUT2D eigenvalue weighted by atomic mass is 35.5. The summed E-state index contributed by atoms with van der Waals surface area (Å²) in [6.45, 7) is 3.25. The Hall–Kier alpha value is -2.54. The number of hydrogen-bond acceptors (Lipinski definition) is 5. The van der Waals surface area contributed by atoms with Gasteiger partial charge in [0.05, 0.1) is 31.2 Å². The molecule has 1 aromatic heterocycles. The first kappa shape index (κ1) is 17.8. The molecule has 2 rings (SSSR count). The fraction of sp³-hybridized carbons (Fsp3) is 0.312. The summed E-state index contributed by atoms with van der Waals surface area (Å²) in [6.07, 6.45) is 3.48. The second-order valence-corrected chi connectivity index (χ2v) is 5.52. The maximum Gasteiger partial charge on any atom is 0.337 e. The summed E-state index contributed by atoms with van der Waals surface area (Å²) >= 11 is 6.08. The van der Waals surface area contributed by atoms with Crippen LogP contribution in [-0.2, 0) is 22.6 Å². The Kier molecular flexibility index (Phi) is 5.81. The van der Waals surface area contributed by atoms with Crippen molar-refractivity contribution in [2.45, 2.75) is 25.4 Å². The number of methoxy groups -OCH3 is 1. The number of ether oxygens (including phenoxy) is 1. The van der Waals surface area contributed by atoms with Gasteiger partial charge in [0, 0.05) is 24.0 Å². The summed E-state index contributed by atoms with van der Waals surface area (Å²) in [4.78, 5) is 27.2. The number of carbonyl (C=O) groups excluding carboxylic acids is 2. The number of nitrogens with two attached hydrogens (primary N) is 1. The molecule has 0 bridgehead atoms. The standard InChI is InChI=1S/C16H19ClN4O3/c1-3-21-9-19-7-11(21)8-20-13-6-10(16(23)24-2)4-5-12(13)14(17)15(18)22/h4-7,9,14,20H,3,8H2,1-2H3,(H2,18,22). The normalized spacial score (nSPS) is 11.8. The highest BCUT2D eigenvalue weighted by Crippen LogP contribution is 2.29. The number of benzene rings is 1. The van der Waals surface area contributed by atoms with Crippen LogP contribution in [-0.4, -0.2) is 28.5 Å². The van der Waals surface area contributed by atoms with Crippen LogP contribution >= 0.6 is 11.6 Å². The molecule has 0 saturated heterocycles. The van der Waals surface area contributed by atoms with Gasteiger partial charge in [-0.3, -0.25) is 4.79 Å². The predicted octanol–water partition coefficient (Wildman–Crippen LogP) is 2.07. The molecule has 1 amide bonds. The van der Waals surface area contributed by atoms with Gasteiger partial charge in [-0.2, -0.15) is 0 Å². The minimum atomic E-state index is -1.00. The Balaban J connectivity index is 2.32. The number of imidazole rings is 1. The SMILES string of the molecule is CCn1cncc1CNc1cc(C(=O)OC)ccc1C(Cl)C(N)=O. The van der Waals surface area contributed by atoms with Crippen molar-refractivity contribution in [2.24, 2.45) is 5.73 Å². The van der Waals surface area contributed by atoms with Gasteiger partial charge in [0.15, 0.2) is 0 Å². The van der Waals surface area contributed by atoms with Crippen LogP contribution in [0.3, 0.4) is 0 Å². The molecule has 0 spiro atoms. The summed E-state index contributed by atoms with van der Waals surface area (Å²) in [5.41, 5.74) is 7.64. The molecule has 3 N–H and O–H groups in total. The number of rotatable bonds is 7. The van der Waals surface area contributed by atoms with Gasteiger partial charge < -0.3 is 20.4 Å². The minimum absolute atomic E-state index is 0.348.